The third-order valence-corrected chi connectivity index (χ3v) is 2.84. The topological polar surface area (TPSA) is 100 Å². The van der Waals surface area contributed by atoms with E-state index in [0.717, 1.165) is 5.56 Å². The molecule has 1 heterocycles. The number of hydrogen-bond acceptors (Lipinski definition) is 4. The molecule has 0 saturated carbocycles. The number of esters is 1. The van der Waals surface area contributed by atoms with Crippen LogP contribution in [0.3, 0.4) is 0 Å². The zero-order valence-electron chi connectivity index (χ0n) is 11.0. The van der Waals surface area contributed by atoms with Gasteiger partial charge in [-0.3, -0.25) is 4.79 Å². The highest BCUT2D eigenvalue weighted by molar-refractivity contribution is 5.92. The number of carbonyl (C=O) groups is 2. The van der Waals surface area contributed by atoms with Gasteiger partial charge in [-0.05, 0) is 23.8 Å². The number of amides is 1. The Morgan fingerprint density at radius 2 is 1.90 bits per heavy atom. The minimum absolute atomic E-state index is 0.114. The molecule has 1 aromatic heterocycles. The lowest BCUT2D eigenvalue weighted by molar-refractivity contribution is 0.0461. The van der Waals surface area contributed by atoms with Gasteiger partial charge in [0.2, 0.25) is 5.91 Å². The number of rotatable bonds is 4. The van der Waals surface area contributed by atoms with Gasteiger partial charge in [0.25, 0.3) is 0 Å². The molecule has 0 atom stereocenters. The van der Waals surface area contributed by atoms with Crippen molar-refractivity contribution in [2.24, 2.45) is 12.8 Å². The Bertz CT molecular complexity index is 644. The van der Waals surface area contributed by atoms with Crippen molar-refractivity contribution in [2.75, 3.05) is 5.73 Å². The minimum Gasteiger partial charge on any atom is -0.456 e. The van der Waals surface area contributed by atoms with Crippen molar-refractivity contribution >= 4 is 17.6 Å². The fourth-order valence-corrected chi connectivity index (χ4v) is 1.78. The average molecular weight is 273 g/mol. The highest BCUT2D eigenvalue weighted by atomic mass is 16.5. The van der Waals surface area contributed by atoms with E-state index in [-0.39, 0.29) is 6.61 Å². The number of primary amides is 1. The number of hydrogen-bond donors (Lipinski definition) is 2. The first-order chi connectivity index (χ1) is 9.47. The highest BCUT2D eigenvalue weighted by Gasteiger charge is 2.12. The molecule has 6 heteroatoms. The molecule has 0 spiro atoms. The molecule has 0 bridgehead atoms. The number of ether oxygens (including phenoxy) is 1. The first kappa shape index (κ1) is 13.7. The molecule has 0 aliphatic carbocycles. The summed E-state index contributed by atoms with van der Waals surface area (Å²) in [6.07, 6.45) is 1.64. The number of anilines is 1. The van der Waals surface area contributed by atoms with E-state index in [9.17, 15) is 9.59 Å². The summed E-state index contributed by atoms with van der Waals surface area (Å²) in [5, 5.41) is 0. The summed E-state index contributed by atoms with van der Waals surface area (Å²) >= 11 is 0. The summed E-state index contributed by atoms with van der Waals surface area (Å²) in [6.45, 7) is 0.114. The molecule has 0 radical (unpaired) electrons. The zero-order chi connectivity index (χ0) is 14.7. The molecule has 6 nitrogen and oxygen atoms in total. The van der Waals surface area contributed by atoms with E-state index in [1.807, 2.05) is 0 Å². The fourth-order valence-electron chi connectivity index (χ4n) is 1.78. The number of nitrogens with zero attached hydrogens (tertiary/aromatic N) is 1. The maximum atomic E-state index is 11.9. The molecule has 0 fully saturated rings. The van der Waals surface area contributed by atoms with Gasteiger partial charge in [0.05, 0.1) is 5.69 Å². The highest BCUT2D eigenvalue weighted by Crippen LogP contribution is 2.12. The predicted molar refractivity (Wildman–Crippen MR) is 73.9 cm³/mol. The van der Waals surface area contributed by atoms with Crippen LogP contribution in [0.1, 0.15) is 26.4 Å². The van der Waals surface area contributed by atoms with Crippen LogP contribution in [0.25, 0.3) is 0 Å². The maximum Gasteiger partial charge on any atom is 0.355 e. The second kappa shape index (κ2) is 5.48. The molecule has 1 aromatic carbocycles. The Hall–Kier alpha value is -2.76. The van der Waals surface area contributed by atoms with Crippen LogP contribution in [0.4, 0.5) is 5.69 Å². The van der Waals surface area contributed by atoms with Crippen molar-refractivity contribution in [1.29, 1.82) is 0 Å². The summed E-state index contributed by atoms with van der Waals surface area (Å²) in [5.74, 6) is -0.948. The predicted octanol–water partition coefficient (Wildman–Crippen LogP) is 1.06. The van der Waals surface area contributed by atoms with Crippen molar-refractivity contribution < 1.29 is 14.3 Å². The molecule has 0 aliphatic heterocycles. The van der Waals surface area contributed by atoms with Crippen molar-refractivity contribution in [2.45, 2.75) is 6.61 Å². The van der Waals surface area contributed by atoms with Gasteiger partial charge in [-0.25, -0.2) is 4.79 Å². The van der Waals surface area contributed by atoms with E-state index >= 15 is 0 Å². The molecular weight excluding hydrogens is 258 g/mol. The molecule has 1 amide bonds. The van der Waals surface area contributed by atoms with E-state index in [4.69, 9.17) is 16.2 Å². The quantitative estimate of drug-likeness (QED) is 0.813. The van der Waals surface area contributed by atoms with Crippen molar-refractivity contribution in [3.05, 3.63) is 53.3 Å². The Balaban J connectivity index is 2.00. The minimum atomic E-state index is -0.493. The molecule has 2 rings (SSSR count). The zero-order valence-corrected chi connectivity index (χ0v) is 11.0. The lowest BCUT2D eigenvalue weighted by Crippen LogP contribution is -2.11. The Morgan fingerprint density at radius 3 is 2.40 bits per heavy atom. The van der Waals surface area contributed by atoms with Crippen molar-refractivity contribution in [1.82, 2.24) is 4.57 Å². The van der Waals surface area contributed by atoms with E-state index < -0.39 is 11.9 Å². The molecular formula is C14H15N3O3. The van der Waals surface area contributed by atoms with Crippen LogP contribution in [0.15, 0.2) is 36.5 Å². The summed E-state index contributed by atoms with van der Waals surface area (Å²) in [4.78, 5) is 22.8. The van der Waals surface area contributed by atoms with Gasteiger partial charge in [0.1, 0.15) is 12.3 Å². The number of nitrogen functional groups attached to an aromatic ring is 1. The van der Waals surface area contributed by atoms with Gasteiger partial charge >= 0.3 is 5.97 Å². The largest absolute Gasteiger partial charge is 0.456 e. The summed E-state index contributed by atoms with van der Waals surface area (Å²) in [6, 6.07) is 8.11. The number of aryl methyl sites for hydroxylation is 1. The number of nitrogens with two attached hydrogens (primary N) is 2. The summed E-state index contributed by atoms with van der Waals surface area (Å²) in [7, 11) is 1.72. The molecule has 0 aliphatic rings. The second-order valence-electron chi connectivity index (χ2n) is 4.41. The number of aromatic nitrogens is 1. The van der Waals surface area contributed by atoms with Crippen LogP contribution in [0.5, 0.6) is 0 Å². The molecule has 104 valence electrons. The van der Waals surface area contributed by atoms with Gasteiger partial charge in [-0.2, -0.15) is 0 Å². The van der Waals surface area contributed by atoms with Crippen LogP contribution >= 0.6 is 0 Å². The van der Waals surface area contributed by atoms with Gasteiger partial charge in [-0.1, -0.05) is 12.1 Å². The second-order valence-corrected chi connectivity index (χ2v) is 4.41. The van der Waals surface area contributed by atoms with Gasteiger partial charge in [0, 0.05) is 18.8 Å². The van der Waals surface area contributed by atoms with Gasteiger partial charge in [0.15, 0.2) is 0 Å². The smallest absolute Gasteiger partial charge is 0.355 e. The van der Waals surface area contributed by atoms with Crippen LogP contribution < -0.4 is 11.5 Å². The first-order valence-electron chi connectivity index (χ1n) is 5.95. The van der Waals surface area contributed by atoms with E-state index in [1.54, 1.807) is 48.1 Å². The third kappa shape index (κ3) is 2.97. The summed E-state index contributed by atoms with van der Waals surface area (Å²) < 4.78 is 6.78. The molecule has 4 N–H and O–H groups in total. The lowest BCUT2D eigenvalue weighted by Gasteiger charge is -2.06. The van der Waals surface area contributed by atoms with Crippen LogP contribution in [-0.4, -0.2) is 16.4 Å². The van der Waals surface area contributed by atoms with Crippen molar-refractivity contribution in [3.8, 4) is 0 Å². The summed E-state index contributed by atoms with van der Waals surface area (Å²) in [5.41, 5.74) is 12.8. The van der Waals surface area contributed by atoms with Crippen molar-refractivity contribution in [3.63, 3.8) is 0 Å². The molecule has 0 saturated heterocycles. The number of carbonyl (C=O) groups excluding carboxylic acids is 2. The van der Waals surface area contributed by atoms with Gasteiger partial charge < -0.3 is 20.8 Å². The number of benzene rings is 1. The molecule has 2 aromatic rings. The average Bonchev–Trinajstić information content (AvgIpc) is 2.75. The van der Waals surface area contributed by atoms with E-state index in [0.29, 0.717) is 16.9 Å². The van der Waals surface area contributed by atoms with Gasteiger partial charge in [-0.15, -0.1) is 0 Å². The Labute approximate surface area is 115 Å². The normalized spacial score (nSPS) is 10.2. The van der Waals surface area contributed by atoms with Crippen LogP contribution in [0.2, 0.25) is 0 Å². The Morgan fingerprint density at radius 1 is 1.25 bits per heavy atom. The maximum absolute atomic E-state index is 11.9. The standard InChI is InChI=1S/C14H15N3O3/c1-17-7-11(15)6-12(17)14(19)20-8-9-2-4-10(5-3-9)13(16)18/h2-7H,8,15H2,1H3,(H2,16,18). The first-order valence-corrected chi connectivity index (χ1v) is 5.95. The third-order valence-electron chi connectivity index (χ3n) is 2.84. The van der Waals surface area contributed by atoms with E-state index in [2.05, 4.69) is 0 Å². The fraction of sp³-hybridized carbons (Fsp3) is 0.143. The van der Waals surface area contributed by atoms with Crippen LogP contribution in [0, 0.1) is 0 Å². The van der Waals surface area contributed by atoms with E-state index in [1.165, 1.54) is 0 Å². The molecule has 20 heavy (non-hydrogen) atoms. The molecule has 0 unspecified atom stereocenters. The SMILES string of the molecule is Cn1cc(N)cc1C(=O)OCc1ccc(C(N)=O)cc1. The van der Waals surface area contributed by atoms with Crippen LogP contribution in [-0.2, 0) is 18.4 Å². The lowest BCUT2D eigenvalue weighted by atomic mass is 10.1. The monoisotopic (exact) mass is 273 g/mol. The Kier molecular flexibility index (Phi) is 3.74.